The summed E-state index contributed by atoms with van der Waals surface area (Å²) in [6.07, 6.45) is 3.31. The minimum Gasteiger partial charge on any atom is -0.392 e. The molecule has 3 unspecified atom stereocenters. The standard InChI is InChI=1S/C22H35NO5/c1-4-23-10-20(25)6-5-16(24)22-12-7-11-14(27-2)9-21(26,17(12)18(11)28-3)13(19(22)23)8-15(20)22/h11-19,24-26H,4-10H2,1-3H3/t11-,12-,13?,14+,15-,16?,17-,18+,19+,20-,21+,22?/m1/s1. The van der Waals surface area contributed by atoms with Crippen LogP contribution in [0.5, 0.6) is 0 Å². The van der Waals surface area contributed by atoms with Gasteiger partial charge in [0.2, 0.25) is 0 Å². The van der Waals surface area contributed by atoms with E-state index in [1.807, 2.05) is 0 Å². The fourth-order valence-electron chi connectivity index (χ4n) is 9.96. The van der Waals surface area contributed by atoms with Gasteiger partial charge in [0.25, 0.3) is 0 Å². The van der Waals surface area contributed by atoms with Gasteiger partial charge in [-0.05, 0) is 44.1 Å². The Morgan fingerprint density at radius 2 is 1.89 bits per heavy atom. The predicted molar refractivity (Wildman–Crippen MR) is 102 cm³/mol. The summed E-state index contributed by atoms with van der Waals surface area (Å²) in [6, 6.07) is 0.149. The number of rotatable bonds is 3. The summed E-state index contributed by atoms with van der Waals surface area (Å²) in [5.74, 6) is 0.622. The molecule has 0 radical (unpaired) electrons. The number of likely N-dealkylation sites (tertiary alicyclic amines) is 1. The van der Waals surface area contributed by atoms with Crippen LogP contribution in [0.1, 0.15) is 39.0 Å². The first-order valence-electron chi connectivity index (χ1n) is 11.3. The summed E-state index contributed by atoms with van der Waals surface area (Å²) >= 11 is 0. The monoisotopic (exact) mass is 393 g/mol. The fraction of sp³-hybridized carbons (Fsp3) is 1.00. The van der Waals surface area contributed by atoms with Gasteiger partial charge in [-0.15, -0.1) is 0 Å². The maximum atomic E-state index is 12.3. The lowest BCUT2D eigenvalue weighted by molar-refractivity contribution is -0.281. The van der Waals surface area contributed by atoms with Crippen molar-refractivity contribution in [2.75, 3.05) is 27.3 Å². The fourth-order valence-corrected chi connectivity index (χ4v) is 9.96. The zero-order valence-electron chi connectivity index (χ0n) is 17.3. The molecule has 6 rings (SSSR count). The second kappa shape index (κ2) is 5.51. The number of piperidine rings is 1. The zero-order chi connectivity index (χ0) is 19.6. The summed E-state index contributed by atoms with van der Waals surface area (Å²) in [7, 11) is 3.52. The number of methoxy groups -OCH3 is 2. The number of nitrogens with zero attached hydrogens (tertiary/aromatic N) is 1. The molecule has 3 N–H and O–H groups in total. The summed E-state index contributed by atoms with van der Waals surface area (Å²) in [5.41, 5.74) is -1.90. The highest BCUT2D eigenvalue weighted by Gasteiger charge is 2.83. The smallest absolute Gasteiger partial charge is 0.0810 e. The van der Waals surface area contributed by atoms with E-state index in [4.69, 9.17) is 9.47 Å². The highest BCUT2D eigenvalue weighted by Crippen LogP contribution is 2.77. The Hall–Kier alpha value is -0.240. The lowest BCUT2D eigenvalue weighted by Crippen LogP contribution is -2.77. The molecule has 6 aliphatic rings. The van der Waals surface area contributed by atoms with Gasteiger partial charge in [0.05, 0.1) is 29.5 Å². The molecule has 0 aromatic heterocycles. The van der Waals surface area contributed by atoms with Gasteiger partial charge in [0, 0.05) is 56.4 Å². The van der Waals surface area contributed by atoms with E-state index in [9.17, 15) is 15.3 Å². The predicted octanol–water partition coefficient (Wildman–Crippen LogP) is 0.630. The Labute approximate surface area is 167 Å². The Morgan fingerprint density at radius 3 is 2.57 bits per heavy atom. The van der Waals surface area contributed by atoms with Crippen LogP contribution in [0.3, 0.4) is 0 Å². The van der Waals surface area contributed by atoms with Crippen molar-refractivity contribution in [3.63, 3.8) is 0 Å². The van der Waals surface area contributed by atoms with Crippen LogP contribution in [0.25, 0.3) is 0 Å². The van der Waals surface area contributed by atoms with Crippen molar-refractivity contribution in [3.8, 4) is 0 Å². The number of hydrogen-bond donors (Lipinski definition) is 3. The molecular formula is C22H35NO5. The van der Waals surface area contributed by atoms with Crippen molar-refractivity contribution in [3.05, 3.63) is 0 Å². The normalized spacial score (nSPS) is 64.3. The first kappa shape index (κ1) is 18.5. The molecule has 6 nitrogen and oxygen atoms in total. The van der Waals surface area contributed by atoms with E-state index in [1.165, 1.54) is 0 Å². The average molecular weight is 394 g/mol. The molecular weight excluding hydrogens is 358 g/mol. The maximum Gasteiger partial charge on any atom is 0.0810 e. The minimum atomic E-state index is -0.843. The van der Waals surface area contributed by atoms with Crippen LogP contribution in [-0.2, 0) is 9.47 Å². The van der Waals surface area contributed by atoms with Crippen molar-refractivity contribution in [2.45, 2.75) is 74.6 Å². The van der Waals surface area contributed by atoms with Crippen LogP contribution < -0.4 is 0 Å². The highest BCUT2D eigenvalue weighted by atomic mass is 16.5. The van der Waals surface area contributed by atoms with Crippen molar-refractivity contribution in [1.29, 1.82) is 0 Å². The average Bonchev–Trinajstić information content (AvgIpc) is 3.16. The summed E-state index contributed by atoms with van der Waals surface area (Å²) in [4.78, 5) is 2.40. The molecule has 1 heterocycles. The van der Waals surface area contributed by atoms with E-state index in [0.717, 1.165) is 19.4 Å². The SMILES string of the molecule is CCN1C[C@]2(O)CCC(O)C34[C@@H]5C[C@H]6[C@H](OC)[C@@H]5[C@](O)(C[C@@H]6OC)C(C[C@@H]32)[C@H]14. The number of likely N-dealkylation sites (N-methyl/N-ethyl adjacent to an activating group) is 1. The van der Waals surface area contributed by atoms with Crippen LogP contribution in [0.4, 0.5) is 0 Å². The topological polar surface area (TPSA) is 82.4 Å². The Bertz CT molecular complexity index is 690. The molecule has 28 heavy (non-hydrogen) atoms. The van der Waals surface area contributed by atoms with E-state index < -0.39 is 17.3 Å². The quantitative estimate of drug-likeness (QED) is 0.653. The van der Waals surface area contributed by atoms with Crippen LogP contribution in [0.15, 0.2) is 0 Å². The van der Waals surface area contributed by atoms with Gasteiger partial charge < -0.3 is 24.8 Å². The molecule has 0 aromatic carbocycles. The van der Waals surface area contributed by atoms with Gasteiger partial charge in [0.1, 0.15) is 0 Å². The summed E-state index contributed by atoms with van der Waals surface area (Å²) < 4.78 is 11.9. The largest absolute Gasteiger partial charge is 0.392 e. The van der Waals surface area contributed by atoms with Gasteiger partial charge in [0.15, 0.2) is 0 Å². The molecule has 6 heteroatoms. The molecule has 7 bridgehead atoms. The Balaban J connectivity index is 1.59. The molecule has 1 spiro atoms. The molecule has 5 aliphatic carbocycles. The molecule has 158 valence electrons. The van der Waals surface area contributed by atoms with E-state index in [-0.39, 0.29) is 53.3 Å². The Morgan fingerprint density at radius 1 is 1.11 bits per heavy atom. The van der Waals surface area contributed by atoms with E-state index in [2.05, 4.69) is 11.8 Å². The summed E-state index contributed by atoms with van der Waals surface area (Å²) in [5, 5.41) is 35.6. The minimum absolute atomic E-state index is 0.00139. The van der Waals surface area contributed by atoms with Gasteiger partial charge in [-0.1, -0.05) is 6.92 Å². The molecule has 0 amide bonds. The second-order valence-corrected chi connectivity index (χ2v) is 10.8. The number of aliphatic hydroxyl groups excluding tert-OH is 1. The van der Waals surface area contributed by atoms with E-state index in [1.54, 1.807) is 14.2 Å². The Kier molecular flexibility index (Phi) is 3.65. The van der Waals surface area contributed by atoms with E-state index in [0.29, 0.717) is 25.8 Å². The van der Waals surface area contributed by atoms with Crippen LogP contribution in [0.2, 0.25) is 0 Å². The van der Waals surface area contributed by atoms with Crippen molar-refractivity contribution >= 4 is 0 Å². The van der Waals surface area contributed by atoms with Crippen molar-refractivity contribution < 1.29 is 24.8 Å². The van der Waals surface area contributed by atoms with Crippen LogP contribution in [0, 0.1) is 35.0 Å². The third-order valence-corrected chi connectivity index (χ3v) is 10.5. The number of hydrogen-bond acceptors (Lipinski definition) is 6. The summed E-state index contributed by atoms with van der Waals surface area (Å²) in [6.45, 7) is 3.69. The number of β-amino-alcohol motifs (C(OH)–C–C–N with tert-alkyl or cyclic N) is 1. The second-order valence-electron chi connectivity index (χ2n) is 10.8. The third-order valence-electron chi connectivity index (χ3n) is 10.5. The first-order chi connectivity index (χ1) is 13.4. The van der Waals surface area contributed by atoms with Gasteiger partial charge in [-0.2, -0.15) is 0 Å². The molecule has 6 fully saturated rings. The molecule has 5 saturated carbocycles. The zero-order valence-corrected chi connectivity index (χ0v) is 17.3. The third kappa shape index (κ3) is 1.72. The molecule has 12 atom stereocenters. The lowest BCUT2D eigenvalue weighted by atomic mass is 9.45. The highest BCUT2D eigenvalue weighted by molar-refractivity contribution is 5.33. The van der Waals surface area contributed by atoms with Crippen LogP contribution in [-0.4, -0.2) is 83.1 Å². The van der Waals surface area contributed by atoms with Gasteiger partial charge >= 0.3 is 0 Å². The van der Waals surface area contributed by atoms with Crippen molar-refractivity contribution in [1.82, 2.24) is 4.90 Å². The molecule has 1 aliphatic heterocycles. The maximum absolute atomic E-state index is 12.3. The number of ether oxygens (including phenoxy) is 2. The molecule has 1 saturated heterocycles. The van der Waals surface area contributed by atoms with Gasteiger partial charge in [-0.3, -0.25) is 4.90 Å². The first-order valence-corrected chi connectivity index (χ1v) is 11.3. The van der Waals surface area contributed by atoms with Gasteiger partial charge in [-0.25, -0.2) is 0 Å². The van der Waals surface area contributed by atoms with E-state index >= 15 is 0 Å². The van der Waals surface area contributed by atoms with Crippen LogP contribution >= 0.6 is 0 Å². The lowest BCUT2D eigenvalue weighted by Gasteiger charge is -2.68. The molecule has 0 aromatic rings. The van der Waals surface area contributed by atoms with Crippen molar-refractivity contribution in [2.24, 2.45) is 35.0 Å². The number of aliphatic hydroxyl groups is 3. The number of fused-ring (bicyclic) bond motifs is 2.